The Morgan fingerprint density at radius 1 is 0.571 bits per heavy atom. The van der Waals surface area contributed by atoms with Gasteiger partial charge in [-0.15, -0.1) is 0 Å². The van der Waals surface area contributed by atoms with Crippen molar-refractivity contribution in [3.8, 4) is 51.0 Å². The fourth-order valence-electron chi connectivity index (χ4n) is 10.8. The Hall–Kier alpha value is -6.96. The van der Waals surface area contributed by atoms with Crippen molar-refractivity contribution in [3.63, 3.8) is 0 Å². The van der Waals surface area contributed by atoms with Gasteiger partial charge in [0.05, 0.1) is 13.2 Å². The SMILES string of the molecule is Fc1ccc2c(c1)C1(CCCCC1)c1c3c(c4ccccc4c1-2)OC(c1ccc(-c2nc(-c4ccccc4)nc(-c4ccccc4)n2)cc1)(c1ccc(N2CCOCC2)cc1)C=C3. The summed E-state index contributed by atoms with van der Waals surface area (Å²) in [6.07, 6.45) is 9.95. The number of ether oxygens (including phenoxy) is 2. The highest BCUT2D eigenvalue weighted by Crippen LogP contribution is 2.62. The van der Waals surface area contributed by atoms with Gasteiger partial charge in [0.2, 0.25) is 0 Å². The number of halogens is 1. The number of hydrogen-bond acceptors (Lipinski definition) is 6. The van der Waals surface area contributed by atoms with E-state index in [4.69, 9.17) is 24.4 Å². The molecule has 1 saturated carbocycles. The Bertz CT molecular complexity index is 2990. The molecule has 12 rings (SSSR count). The van der Waals surface area contributed by atoms with Crippen LogP contribution >= 0.6 is 0 Å². The molecule has 0 radical (unpaired) electrons. The van der Waals surface area contributed by atoms with Gasteiger partial charge in [0.15, 0.2) is 23.1 Å². The number of nitrogens with zero attached hydrogens (tertiary/aromatic N) is 4. The zero-order valence-electron chi connectivity index (χ0n) is 34.9. The van der Waals surface area contributed by atoms with Gasteiger partial charge < -0.3 is 14.4 Å². The predicted octanol–water partition coefficient (Wildman–Crippen LogP) is 12.6. The van der Waals surface area contributed by atoms with Crippen LogP contribution in [0.25, 0.3) is 62.1 Å². The van der Waals surface area contributed by atoms with Gasteiger partial charge in [-0.25, -0.2) is 19.3 Å². The molecule has 2 aliphatic carbocycles. The highest BCUT2D eigenvalue weighted by molar-refractivity contribution is 6.08. The van der Waals surface area contributed by atoms with Crippen molar-refractivity contribution < 1.29 is 13.9 Å². The molecule has 0 amide bonds. The smallest absolute Gasteiger partial charge is 0.178 e. The predicted molar refractivity (Wildman–Crippen MR) is 249 cm³/mol. The molecule has 1 unspecified atom stereocenters. The van der Waals surface area contributed by atoms with Crippen LogP contribution in [0.3, 0.4) is 0 Å². The van der Waals surface area contributed by atoms with Gasteiger partial charge in [0, 0.05) is 63.0 Å². The summed E-state index contributed by atoms with van der Waals surface area (Å²) in [6.45, 7) is 3.15. The molecule has 7 heteroatoms. The summed E-state index contributed by atoms with van der Waals surface area (Å²) < 4.78 is 28.7. The summed E-state index contributed by atoms with van der Waals surface area (Å²) >= 11 is 0. The van der Waals surface area contributed by atoms with E-state index in [9.17, 15) is 0 Å². The molecular formula is C56H45FN4O2. The Morgan fingerprint density at radius 3 is 1.78 bits per heavy atom. The highest BCUT2D eigenvalue weighted by atomic mass is 19.1. The monoisotopic (exact) mass is 824 g/mol. The average molecular weight is 825 g/mol. The van der Waals surface area contributed by atoms with E-state index in [2.05, 4.69) is 89.8 Å². The molecule has 8 aromatic rings. The molecule has 7 aromatic carbocycles. The van der Waals surface area contributed by atoms with Crippen molar-refractivity contribution in [3.05, 3.63) is 191 Å². The standard InChI is InChI=1S/C56H45FN4O2/c57-42-24-27-46-48(36-42)55(29-10-3-11-30-55)50-47-28-31-56(63-51(47)45-17-9-8-16-44(45)49(46)50,41-22-25-43(26-23-41)61-32-34-62-35-33-61)40-20-18-39(19-21-40)54-59-52(37-12-4-1-5-13-37)58-53(60-54)38-14-6-2-7-15-38/h1-2,4-9,12-28,31,36H,3,10-11,29-30,32-35H2. The maximum absolute atomic E-state index is 15.3. The maximum Gasteiger partial charge on any atom is 0.178 e. The van der Waals surface area contributed by atoms with Crippen molar-refractivity contribution in [2.45, 2.75) is 43.1 Å². The zero-order valence-corrected chi connectivity index (χ0v) is 34.9. The molecule has 63 heavy (non-hydrogen) atoms. The Kier molecular flexibility index (Phi) is 9.08. The molecule has 2 fully saturated rings. The molecule has 308 valence electrons. The Balaban J connectivity index is 1.03. The van der Waals surface area contributed by atoms with Crippen molar-refractivity contribution >= 4 is 22.5 Å². The minimum Gasteiger partial charge on any atom is -0.472 e. The molecule has 1 aromatic heterocycles. The molecule has 2 aliphatic heterocycles. The second-order valence-electron chi connectivity index (χ2n) is 17.3. The van der Waals surface area contributed by atoms with E-state index in [-0.39, 0.29) is 11.2 Å². The number of rotatable bonds is 6. The van der Waals surface area contributed by atoms with Gasteiger partial charge in [-0.2, -0.15) is 0 Å². The lowest BCUT2D eigenvalue weighted by atomic mass is 9.66. The third-order valence-corrected chi connectivity index (χ3v) is 13.8. The van der Waals surface area contributed by atoms with Crippen LogP contribution in [0.4, 0.5) is 10.1 Å². The Labute approximate surface area is 366 Å². The van der Waals surface area contributed by atoms with Gasteiger partial charge in [0.25, 0.3) is 0 Å². The van der Waals surface area contributed by atoms with E-state index in [0.29, 0.717) is 17.5 Å². The van der Waals surface area contributed by atoms with Crippen LogP contribution in [-0.4, -0.2) is 41.3 Å². The topological polar surface area (TPSA) is 60.4 Å². The van der Waals surface area contributed by atoms with Crippen LogP contribution in [0.2, 0.25) is 0 Å². The number of hydrogen-bond donors (Lipinski definition) is 0. The minimum atomic E-state index is -0.979. The first-order valence-corrected chi connectivity index (χ1v) is 22.3. The molecule has 0 bridgehead atoms. The van der Waals surface area contributed by atoms with Crippen molar-refractivity contribution in [2.24, 2.45) is 0 Å². The highest BCUT2D eigenvalue weighted by Gasteiger charge is 2.49. The molecular weight excluding hydrogens is 780 g/mol. The lowest BCUT2D eigenvalue weighted by Gasteiger charge is -2.41. The van der Waals surface area contributed by atoms with Gasteiger partial charge in [0.1, 0.15) is 11.6 Å². The second-order valence-corrected chi connectivity index (χ2v) is 17.3. The largest absolute Gasteiger partial charge is 0.472 e. The summed E-state index contributed by atoms with van der Waals surface area (Å²) in [5.41, 5.74) is 10.5. The van der Waals surface area contributed by atoms with Gasteiger partial charge in [-0.1, -0.05) is 153 Å². The molecule has 4 aliphatic rings. The molecule has 3 heterocycles. The minimum absolute atomic E-state index is 0.177. The van der Waals surface area contributed by atoms with E-state index >= 15 is 4.39 Å². The summed E-state index contributed by atoms with van der Waals surface area (Å²) in [5, 5.41) is 2.19. The Morgan fingerprint density at radius 2 is 1.14 bits per heavy atom. The second kappa shape index (κ2) is 15.1. The summed E-state index contributed by atoms with van der Waals surface area (Å²) in [4.78, 5) is 17.4. The number of anilines is 1. The third kappa shape index (κ3) is 6.20. The summed E-state index contributed by atoms with van der Waals surface area (Å²) in [6, 6.07) is 51.6. The number of aromatic nitrogens is 3. The molecule has 1 spiro atoms. The lowest BCUT2D eigenvalue weighted by molar-refractivity contribution is 0.122. The van der Waals surface area contributed by atoms with E-state index in [1.54, 1.807) is 6.07 Å². The van der Waals surface area contributed by atoms with Crippen molar-refractivity contribution in [1.82, 2.24) is 15.0 Å². The van der Waals surface area contributed by atoms with Gasteiger partial charge in [-0.05, 0) is 70.8 Å². The van der Waals surface area contributed by atoms with Crippen LogP contribution in [0, 0.1) is 5.82 Å². The maximum atomic E-state index is 15.3. The number of fused-ring (bicyclic) bond motifs is 10. The third-order valence-electron chi connectivity index (χ3n) is 13.8. The zero-order chi connectivity index (χ0) is 42.0. The van der Waals surface area contributed by atoms with Crippen LogP contribution in [0.15, 0.2) is 158 Å². The van der Waals surface area contributed by atoms with Crippen LogP contribution in [0.1, 0.15) is 59.9 Å². The fraction of sp³-hybridized carbons (Fsp3) is 0.196. The first-order valence-electron chi connectivity index (χ1n) is 22.3. The van der Waals surface area contributed by atoms with Crippen LogP contribution in [0.5, 0.6) is 5.75 Å². The normalized spacial score (nSPS) is 18.5. The molecule has 6 nitrogen and oxygen atoms in total. The van der Waals surface area contributed by atoms with Crippen LogP contribution < -0.4 is 9.64 Å². The first kappa shape index (κ1) is 37.8. The fourth-order valence-corrected chi connectivity index (χ4v) is 10.8. The van der Waals surface area contributed by atoms with E-state index in [1.807, 2.05) is 72.8 Å². The van der Waals surface area contributed by atoms with Gasteiger partial charge >= 0.3 is 0 Å². The summed E-state index contributed by atoms with van der Waals surface area (Å²) in [7, 11) is 0. The van der Waals surface area contributed by atoms with E-state index < -0.39 is 5.60 Å². The molecule has 0 N–H and O–H groups in total. The lowest BCUT2D eigenvalue weighted by Crippen LogP contribution is -2.37. The van der Waals surface area contributed by atoms with Crippen molar-refractivity contribution in [1.29, 1.82) is 0 Å². The number of morpholine rings is 1. The van der Waals surface area contributed by atoms with E-state index in [0.717, 1.165) is 113 Å². The first-order chi connectivity index (χ1) is 31.1. The number of benzene rings is 7. The van der Waals surface area contributed by atoms with Gasteiger partial charge in [-0.3, -0.25) is 0 Å². The average Bonchev–Trinajstić information content (AvgIpc) is 3.62. The van der Waals surface area contributed by atoms with Crippen molar-refractivity contribution in [2.75, 3.05) is 31.2 Å². The van der Waals surface area contributed by atoms with Crippen LogP contribution in [-0.2, 0) is 15.8 Å². The van der Waals surface area contributed by atoms with E-state index in [1.165, 1.54) is 23.2 Å². The summed E-state index contributed by atoms with van der Waals surface area (Å²) in [5.74, 6) is 2.53. The quantitative estimate of drug-likeness (QED) is 0.166. The molecule has 1 atom stereocenters. The molecule has 1 saturated heterocycles.